The molecular weight excluding hydrogens is 418 g/mol. The van der Waals surface area contributed by atoms with Crippen LogP contribution in [0.15, 0.2) is 90.1 Å². The predicted molar refractivity (Wildman–Crippen MR) is 129 cm³/mol. The smallest absolute Gasteiger partial charge is 0.319 e. The van der Waals surface area contributed by atoms with Gasteiger partial charge in [0, 0.05) is 17.1 Å². The third-order valence-corrected chi connectivity index (χ3v) is 5.93. The summed E-state index contributed by atoms with van der Waals surface area (Å²) in [5.41, 5.74) is 4.08. The molecule has 4 aromatic rings. The fraction of sp³-hybridized carbons (Fsp3) is 0.160. The van der Waals surface area contributed by atoms with Gasteiger partial charge in [-0.1, -0.05) is 78.0 Å². The molecule has 1 unspecified atom stereocenters. The number of carbonyl (C=O) groups is 1. The average Bonchev–Trinajstić information content (AvgIpc) is 3.23. The maximum absolute atomic E-state index is 12.5. The lowest BCUT2D eigenvalue weighted by molar-refractivity contribution is 0.249. The third-order valence-electron chi connectivity index (χ3n) is 4.93. The Morgan fingerprint density at radius 3 is 2.28 bits per heavy atom. The van der Waals surface area contributed by atoms with E-state index in [9.17, 15) is 4.79 Å². The zero-order valence-corrected chi connectivity index (χ0v) is 18.8. The number of hydrogen-bond acceptors (Lipinski definition) is 4. The minimum atomic E-state index is -0.349. The van der Waals surface area contributed by atoms with Crippen molar-refractivity contribution in [1.29, 1.82) is 0 Å². The monoisotopic (exact) mass is 443 g/mol. The van der Waals surface area contributed by atoms with Gasteiger partial charge in [0.2, 0.25) is 0 Å². The zero-order valence-electron chi connectivity index (χ0n) is 18.0. The molecule has 1 atom stereocenters. The molecular formula is C25H25N5OS. The first-order valence-corrected chi connectivity index (χ1v) is 11.4. The first kappa shape index (κ1) is 21.6. The average molecular weight is 444 g/mol. The highest BCUT2D eigenvalue weighted by Crippen LogP contribution is 2.27. The summed E-state index contributed by atoms with van der Waals surface area (Å²) in [7, 11) is 0. The number of aromatic nitrogens is 3. The lowest BCUT2D eigenvalue weighted by Crippen LogP contribution is -2.32. The van der Waals surface area contributed by atoms with E-state index in [1.165, 1.54) is 11.1 Å². The molecule has 1 heterocycles. The molecule has 2 N–H and O–H groups in total. The number of para-hydroxylation sites is 1. The molecule has 162 valence electrons. The van der Waals surface area contributed by atoms with Gasteiger partial charge in [0.05, 0.1) is 6.04 Å². The lowest BCUT2D eigenvalue weighted by atomic mass is 10.2. The van der Waals surface area contributed by atoms with Gasteiger partial charge in [0.25, 0.3) is 0 Å². The Kier molecular flexibility index (Phi) is 6.87. The number of aryl methyl sites for hydroxylation is 1. The Morgan fingerprint density at radius 1 is 0.938 bits per heavy atom. The lowest BCUT2D eigenvalue weighted by Gasteiger charge is -2.17. The van der Waals surface area contributed by atoms with Crippen LogP contribution in [0.5, 0.6) is 0 Å². The number of carbonyl (C=O) groups excluding carboxylic acids is 1. The summed E-state index contributed by atoms with van der Waals surface area (Å²) in [6, 6.07) is 27.2. The van der Waals surface area contributed by atoms with Crippen molar-refractivity contribution in [3.05, 3.63) is 102 Å². The number of thioether (sulfide) groups is 1. The second-order valence-corrected chi connectivity index (χ2v) is 8.41. The summed E-state index contributed by atoms with van der Waals surface area (Å²) in [4.78, 5) is 12.5. The quantitative estimate of drug-likeness (QED) is 0.357. The zero-order chi connectivity index (χ0) is 22.3. The van der Waals surface area contributed by atoms with Gasteiger partial charge in [-0.25, -0.2) is 4.79 Å². The van der Waals surface area contributed by atoms with E-state index in [2.05, 4.69) is 52.0 Å². The molecule has 0 bridgehead atoms. The molecule has 3 aromatic carbocycles. The highest BCUT2D eigenvalue weighted by Gasteiger charge is 2.21. The number of amides is 2. The summed E-state index contributed by atoms with van der Waals surface area (Å²) in [6.07, 6.45) is 0. The van der Waals surface area contributed by atoms with Gasteiger partial charge in [-0.05, 0) is 43.7 Å². The van der Waals surface area contributed by atoms with E-state index < -0.39 is 0 Å². The van der Waals surface area contributed by atoms with Crippen LogP contribution in [0.2, 0.25) is 0 Å². The van der Waals surface area contributed by atoms with Crippen LogP contribution in [0.3, 0.4) is 0 Å². The van der Waals surface area contributed by atoms with Crippen molar-refractivity contribution in [2.45, 2.75) is 30.8 Å². The van der Waals surface area contributed by atoms with Crippen molar-refractivity contribution in [1.82, 2.24) is 20.1 Å². The number of nitrogens with zero attached hydrogens (tertiary/aromatic N) is 3. The van der Waals surface area contributed by atoms with E-state index in [-0.39, 0.29) is 12.1 Å². The Bertz CT molecular complexity index is 1160. The molecule has 7 heteroatoms. The summed E-state index contributed by atoms with van der Waals surface area (Å²) in [6.45, 7) is 3.96. The summed E-state index contributed by atoms with van der Waals surface area (Å²) >= 11 is 1.62. The molecule has 0 aliphatic rings. The second-order valence-electron chi connectivity index (χ2n) is 7.47. The van der Waals surface area contributed by atoms with Gasteiger partial charge in [0.15, 0.2) is 11.0 Å². The molecule has 4 rings (SSSR count). The fourth-order valence-electron chi connectivity index (χ4n) is 3.26. The van der Waals surface area contributed by atoms with Crippen LogP contribution in [0.4, 0.5) is 10.5 Å². The molecule has 0 fully saturated rings. The fourth-order valence-corrected chi connectivity index (χ4v) is 4.18. The van der Waals surface area contributed by atoms with Gasteiger partial charge < -0.3 is 10.6 Å². The number of anilines is 1. The Morgan fingerprint density at radius 2 is 1.59 bits per heavy atom. The van der Waals surface area contributed by atoms with Crippen LogP contribution < -0.4 is 10.6 Å². The van der Waals surface area contributed by atoms with E-state index in [1.807, 2.05) is 72.2 Å². The van der Waals surface area contributed by atoms with Gasteiger partial charge in [0.1, 0.15) is 0 Å². The Labute approximate surface area is 192 Å². The van der Waals surface area contributed by atoms with E-state index in [0.29, 0.717) is 5.82 Å². The van der Waals surface area contributed by atoms with E-state index in [1.54, 1.807) is 11.8 Å². The number of hydrogen-bond donors (Lipinski definition) is 2. The van der Waals surface area contributed by atoms with Crippen molar-refractivity contribution in [3.63, 3.8) is 0 Å². The van der Waals surface area contributed by atoms with Crippen molar-refractivity contribution in [2.24, 2.45) is 0 Å². The molecule has 0 radical (unpaired) electrons. The first-order chi connectivity index (χ1) is 15.6. The number of rotatable bonds is 7. The molecule has 1 aromatic heterocycles. The molecule has 2 amide bonds. The molecule has 6 nitrogen and oxygen atoms in total. The number of nitrogens with one attached hydrogen (secondary N) is 2. The molecule has 0 aliphatic carbocycles. The number of urea groups is 1. The summed E-state index contributed by atoms with van der Waals surface area (Å²) < 4.78 is 2.01. The minimum absolute atomic E-state index is 0.291. The van der Waals surface area contributed by atoms with Crippen LogP contribution in [-0.2, 0) is 5.75 Å². The van der Waals surface area contributed by atoms with Crippen LogP contribution >= 0.6 is 11.8 Å². The van der Waals surface area contributed by atoms with Crippen molar-refractivity contribution in [3.8, 4) is 5.69 Å². The maximum Gasteiger partial charge on any atom is 0.319 e. The minimum Gasteiger partial charge on any atom is -0.328 e. The first-order valence-electron chi connectivity index (χ1n) is 10.4. The predicted octanol–water partition coefficient (Wildman–Crippen LogP) is 5.75. The number of benzene rings is 3. The Balaban J connectivity index is 1.57. The largest absolute Gasteiger partial charge is 0.328 e. The topological polar surface area (TPSA) is 71.8 Å². The van der Waals surface area contributed by atoms with Gasteiger partial charge >= 0.3 is 6.03 Å². The van der Waals surface area contributed by atoms with Crippen molar-refractivity contribution in [2.75, 3.05) is 5.32 Å². The van der Waals surface area contributed by atoms with Crippen molar-refractivity contribution < 1.29 is 4.79 Å². The van der Waals surface area contributed by atoms with E-state index in [4.69, 9.17) is 0 Å². The third kappa shape index (κ3) is 5.36. The van der Waals surface area contributed by atoms with E-state index >= 15 is 0 Å². The van der Waals surface area contributed by atoms with Crippen LogP contribution in [-0.4, -0.2) is 20.8 Å². The van der Waals surface area contributed by atoms with Crippen molar-refractivity contribution >= 4 is 23.5 Å². The highest BCUT2D eigenvalue weighted by atomic mass is 32.2. The molecule has 0 spiro atoms. The normalized spacial score (nSPS) is 11.7. The maximum atomic E-state index is 12.5. The Hall–Kier alpha value is -3.58. The molecule has 0 saturated heterocycles. The van der Waals surface area contributed by atoms with Crippen LogP contribution in [0.1, 0.15) is 29.9 Å². The van der Waals surface area contributed by atoms with E-state index in [0.717, 1.165) is 22.3 Å². The second kappa shape index (κ2) is 10.2. The standard InChI is InChI=1S/C25H25N5OS/c1-18-13-15-22(16-14-18)30-23(19(2)26-24(31)27-21-11-7-4-8-12-21)28-29-25(30)32-17-20-9-5-3-6-10-20/h3-16,19H,17H2,1-2H3,(H2,26,27,31). The van der Waals surface area contributed by atoms with Gasteiger partial charge in [-0.3, -0.25) is 4.57 Å². The van der Waals surface area contributed by atoms with Gasteiger partial charge in [-0.2, -0.15) is 0 Å². The summed E-state index contributed by atoms with van der Waals surface area (Å²) in [5.74, 6) is 1.45. The highest BCUT2D eigenvalue weighted by molar-refractivity contribution is 7.98. The molecule has 0 aliphatic heterocycles. The molecule has 32 heavy (non-hydrogen) atoms. The van der Waals surface area contributed by atoms with Crippen LogP contribution in [0, 0.1) is 6.92 Å². The van der Waals surface area contributed by atoms with Crippen LogP contribution in [0.25, 0.3) is 5.69 Å². The molecule has 0 saturated carbocycles. The SMILES string of the molecule is Cc1ccc(-n2c(SCc3ccccc3)nnc2C(C)NC(=O)Nc2ccccc2)cc1. The summed E-state index contributed by atoms with van der Waals surface area (Å²) in [5, 5.41) is 15.5. The van der Waals surface area contributed by atoms with Gasteiger partial charge in [-0.15, -0.1) is 10.2 Å².